The first-order valence-corrected chi connectivity index (χ1v) is 5.67. The van der Waals surface area contributed by atoms with E-state index in [4.69, 9.17) is 15.2 Å². The molecule has 0 aliphatic carbocycles. The van der Waals surface area contributed by atoms with Crippen LogP contribution in [0.4, 0.5) is 0 Å². The third-order valence-corrected chi connectivity index (χ3v) is 2.89. The second-order valence-electron chi connectivity index (χ2n) is 3.94. The van der Waals surface area contributed by atoms with Gasteiger partial charge in [0.1, 0.15) is 11.5 Å². The second-order valence-corrected chi connectivity index (χ2v) is 3.94. The summed E-state index contributed by atoms with van der Waals surface area (Å²) in [6.45, 7) is 2.35. The van der Waals surface area contributed by atoms with Crippen molar-refractivity contribution in [3.8, 4) is 22.6 Å². The Morgan fingerprint density at radius 3 is 2.67 bits per heavy atom. The van der Waals surface area contributed by atoms with Gasteiger partial charge in [0.15, 0.2) is 0 Å². The summed E-state index contributed by atoms with van der Waals surface area (Å²) >= 11 is 0. The molecule has 0 saturated heterocycles. The number of hydrogen-bond donors (Lipinski definition) is 2. The van der Waals surface area contributed by atoms with Gasteiger partial charge < -0.3 is 15.2 Å². The van der Waals surface area contributed by atoms with E-state index in [9.17, 15) is 0 Å². The number of nitrogens with one attached hydrogen (secondary N) is 1. The molecule has 1 aromatic carbocycles. The Hall–Kier alpha value is -2.01. The first-order chi connectivity index (χ1) is 8.71. The summed E-state index contributed by atoms with van der Waals surface area (Å²) in [5.74, 6) is 1.50. The molecule has 1 aromatic heterocycles. The van der Waals surface area contributed by atoms with Gasteiger partial charge >= 0.3 is 0 Å². The average molecular weight is 247 g/mol. The molecule has 5 nitrogen and oxygen atoms in total. The predicted octanol–water partition coefficient (Wildman–Crippen LogP) is 1.86. The quantitative estimate of drug-likeness (QED) is 0.865. The number of benzene rings is 1. The zero-order valence-electron chi connectivity index (χ0n) is 10.8. The molecule has 2 rings (SSSR count). The largest absolute Gasteiger partial charge is 0.497 e. The summed E-state index contributed by atoms with van der Waals surface area (Å²) in [5, 5.41) is 7.14. The van der Waals surface area contributed by atoms with Crippen LogP contribution in [0.3, 0.4) is 0 Å². The predicted molar refractivity (Wildman–Crippen MR) is 69.8 cm³/mol. The van der Waals surface area contributed by atoms with Crippen molar-refractivity contribution >= 4 is 0 Å². The van der Waals surface area contributed by atoms with E-state index in [0.717, 1.165) is 34.0 Å². The summed E-state index contributed by atoms with van der Waals surface area (Å²) in [6.07, 6.45) is 0. The van der Waals surface area contributed by atoms with E-state index < -0.39 is 0 Å². The van der Waals surface area contributed by atoms with Crippen LogP contribution < -0.4 is 15.2 Å². The number of H-pyrrole nitrogens is 1. The van der Waals surface area contributed by atoms with Gasteiger partial charge in [-0.05, 0) is 19.1 Å². The molecule has 0 atom stereocenters. The van der Waals surface area contributed by atoms with E-state index in [0.29, 0.717) is 6.54 Å². The van der Waals surface area contributed by atoms with Crippen LogP contribution in [0.15, 0.2) is 18.2 Å². The molecule has 2 aromatic rings. The maximum atomic E-state index is 5.70. The normalized spacial score (nSPS) is 10.4. The lowest BCUT2D eigenvalue weighted by Crippen LogP contribution is -1.99. The molecule has 0 unspecified atom stereocenters. The molecule has 0 bridgehead atoms. The van der Waals surface area contributed by atoms with Crippen LogP contribution in [-0.4, -0.2) is 24.4 Å². The van der Waals surface area contributed by atoms with Gasteiger partial charge in [0, 0.05) is 29.4 Å². The van der Waals surface area contributed by atoms with Crippen LogP contribution in [0, 0.1) is 6.92 Å². The van der Waals surface area contributed by atoms with Crippen molar-refractivity contribution in [3.05, 3.63) is 29.6 Å². The summed E-state index contributed by atoms with van der Waals surface area (Å²) < 4.78 is 10.6. The first-order valence-electron chi connectivity index (χ1n) is 5.67. The van der Waals surface area contributed by atoms with Crippen molar-refractivity contribution in [1.82, 2.24) is 10.2 Å². The lowest BCUT2D eigenvalue weighted by atomic mass is 10.0. The molecule has 0 spiro atoms. The second kappa shape index (κ2) is 5.10. The Labute approximate surface area is 106 Å². The number of ether oxygens (including phenoxy) is 2. The van der Waals surface area contributed by atoms with Crippen molar-refractivity contribution in [3.63, 3.8) is 0 Å². The molecule has 96 valence electrons. The maximum Gasteiger partial charge on any atom is 0.130 e. The number of hydrogen-bond acceptors (Lipinski definition) is 4. The Balaban J connectivity index is 2.59. The summed E-state index contributed by atoms with van der Waals surface area (Å²) in [7, 11) is 3.26. The minimum atomic E-state index is 0.384. The van der Waals surface area contributed by atoms with Gasteiger partial charge in [0.05, 0.1) is 19.9 Å². The summed E-state index contributed by atoms with van der Waals surface area (Å²) in [5.41, 5.74) is 9.46. The fourth-order valence-corrected chi connectivity index (χ4v) is 1.99. The first kappa shape index (κ1) is 12.4. The molecule has 0 saturated carbocycles. The van der Waals surface area contributed by atoms with Crippen molar-refractivity contribution < 1.29 is 9.47 Å². The highest BCUT2D eigenvalue weighted by Gasteiger charge is 2.15. The van der Waals surface area contributed by atoms with Gasteiger partial charge in [-0.3, -0.25) is 5.10 Å². The van der Waals surface area contributed by atoms with E-state index in [2.05, 4.69) is 10.2 Å². The number of aryl methyl sites for hydroxylation is 1. The number of rotatable bonds is 4. The molecule has 18 heavy (non-hydrogen) atoms. The highest BCUT2D eigenvalue weighted by Crippen LogP contribution is 2.36. The molecule has 0 amide bonds. The molecular weight excluding hydrogens is 230 g/mol. The Kier molecular flexibility index (Phi) is 3.53. The SMILES string of the molecule is COc1ccc(-c2c(CN)n[nH]c2C)c(OC)c1. The number of aromatic amines is 1. The molecule has 1 heterocycles. The van der Waals surface area contributed by atoms with E-state index in [1.54, 1.807) is 14.2 Å². The molecule has 5 heteroatoms. The van der Waals surface area contributed by atoms with Gasteiger partial charge in [-0.15, -0.1) is 0 Å². The fraction of sp³-hybridized carbons (Fsp3) is 0.308. The third kappa shape index (κ3) is 2.04. The smallest absolute Gasteiger partial charge is 0.130 e. The van der Waals surface area contributed by atoms with Crippen molar-refractivity contribution in [2.45, 2.75) is 13.5 Å². The fourth-order valence-electron chi connectivity index (χ4n) is 1.99. The van der Waals surface area contributed by atoms with Crippen LogP contribution in [0.5, 0.6) is 11.5 Å². The van der Waals surface area contributed by atoms with E-state index >= 15 is 0 Å². The summed E-state index contributed by atoms with van der Waals surface area (Å²) in [6, 6.07) is 5.70. The van der Waals surface area contributed by atoms with Crippen LogP contribution in [0.25, 0.3) is 11.1 Å². The molecule has 0 aliphatic heterocycles. The van der Waals surface area contributed by atoms with Gasteiger partial charge in [-0.25, -0.2) is 0 Å². The zero-order valence-corrected chi connectivity index (χ0v) is 10.8. The molecule has 0 fully saturated rings. The van der Waals surface area contributed by atoms with Crippen molar-refractivity contribution in [1.29, 1.82) is 0 Å². The van der Waals surface area contributed by atoms with Gasteiger partial charge in [0.2, 0.25) is 0 Å². The average Bonchev–Trinajstić information content (AvgIpc) is 2.78. The van der Waals surface area contributed by atoms with Crippen LogP contribution in [0.2, 0.25) is 0 Å². The lowest BCUT2D eigenvalue weighted by molar-refractivity contribution is 0.395. The van der Waals surface area contributed by atoms with Gasteiger partial charge in [-0.2, -0.15) is 5.10 Å². The number of aromatic nitrogens is 2. The minimum absolute atomic E-state index is 0.384. The summed E-state index contributed by atoms with van der Waals surface area (Å²) in [4.78, 5) is 0. The number of nitrogens with zero attached hydrogens (tertiary/aromatic N) is 1. The van der Waals surface area contributed by atoms with E-state index in [-0.39, 0.29) is 0 Å². The Morgan fingerprint density at radius 1 is 1.28 bits per heavy atom. The Morgan fingerprint density at radius 2 is 2.06 bits per heavy atom. The lowest BCUT2D eigenvalue weighted by Gasteiger charge is -2.11. The molecule has 0 radical (unpaired) electrons. The number of nitrogens with two attached hydrogens (primary N) is 1. The molecule has 3 N–H and O–H groups in total. The van der Waals surface area contributed by atoms with Gasteiger partial charge in [-0.1, -0.05) is 0 Å². The Bertz CT molecular complexity index is 549. The van der Waals surface area contributed by atoms with Gasteiger partial charge in [0.25, 0.3) is 0 Å². The molecular formula is C13H17N3O2. The van der Waals surface area contributed by atoms with Crippen LogP contribution in [-0.2, 0) is 6.54 Å². The maximum absolute atomic E-state index is 5.70. The highest BCUT2D eigenvalue weighted by atomic mass is 16.5. The highest BCUT2D eigenvalue weighted by molar-refractivity contribution is 5.75. The van der Waals surface area contributed by atoms with E-state index in [1.165, 1.54) is 0 Å². The number of methoxy groups -OCH3 is 2. The monoisotopic (exact) mass is 247 g/mol. The van der Waals surface area contributed by atoms with Crippen molar-refractivity contribution in [2.24, 2.45) is 5.73 Å². The third-order valence-electron chi connectivity index (χ3n) is 2.89. The zero-order chi connectivity index (χ0) is 13.1. The molecule has 0 aliphatic rings. The topological polar surface area (TPSA) is 73.2 Å². The van der Waals surface area contributed by atoms with E-state index in [1.807, 2.05) is 25.1 Å². The minimum Gasteiger partial charge on any atom is -0.497 e. The van der Waals surface area contributed by atoms with Crippen LogP contribution >= 0.6 is 0 Å². The standard InChI is InChI=1S/C13H17N3O2/c1-8-13(11(7-14)16-15-8)10-5-4-9(17-2)6-12(10)18-3/h4-6H,7,14H2,1-3H3,(H,15,16). The van der Waals surface area contributed by atoms with Crippen molar-refractivity contribution in [2.75, 3.05) is 14.2 Å². The van der Waals surface area contributed by atoms with Crippen LogP contribution in [0.1, 0.15) is 11.4 Å².